The number of fused-ring (bicyclic) bond motifs is 5. The number of rotatable bonds is 6. The number of ether oxygens (including phenoxy) is 2. The largest absolute Gasteiger partial charge is 0.494 e. The lowest BCUT2D eigenvalue weighted by Gasteiger charge is -2.13. The van der Waals surface area contributed by atoms with Gasteiger partial charge in [0.1, 0.15) is 11.5 Å². The fourth-order valence-corrected chi connectivity index (χ4v) is 4.28. The maximum absolute atomic E-state index is 12.7. The summed E-state index contributed by atoms with van der Waals surface area (Å²) in [5, 5.41) is 5.26. The lowest BCUT2D eigenvalue weighted by Crippen LogP contribution is -2.28. The van der Waals surface area contributed by atoms with Gasteiger partial charge >= 0.3 is 0 Å². The molecule has 0 spiro atoms. The van der Waals surface area contributed by atoms with Crippen LogP contribution in [-0.2, 0) is 9.59 Å². The average molecular weight is 354 g/mol. The third kappa shape index (κ3) is 2.60. The number of hydrazone groups is 1. The Morgan fingerprint density at radius 1 is 1.08 bits per heavy atom. The fourth-order valence-electron chi connectivity index (χ4n) is 4.28. The molecule has 0 aromatic heterocycles. The first-order valence-corrected chi connectivity index (χ1v) is 9.13. The van der Waals surface area contributed by atoms with E-state index in [2.05, 4.69) is 17.3 Å². The standard InChI is InChI=1S/C20H22N2O4/c1-3-25-15-8-7-14(16(10-15)26-4-2)11-21-22-19(23)17-12-5-6-13(9-12)18(17)20(22)24/h5-8,10-13,17-18H,3-4,9H2,1-2H3/b21-11-/t12-,13-,17-,18+/m0/s1. The minimum Gasteiger partial charge on any atom is -0.494 e. The van der Waals surface area contributed by atoms with Crippen molar-refractivity contribution in [1.82, 2.24) is 5.01 Å². The van der Waals surface area contributed by atoms with Crippen molar-refractivity contribution in [2.45, 2.75) is 20.3 Å². The van der Waals surface area contributed by atoms with E-state index in [0.29, 0.717) is 30.3 Å². The van der Waals surface area contributed by atoms with Crippen LogP contribution in [0.4, 0.5) is 0 Å². The predicted molar refractivity (Wildman–Crippen MR) is 95.9 cm³/mol. The summed E-state index contributed by atoms with van der Waals surface area (Å²) in [6.45, 7) is 4.87. The monoisotopic (exact) mass is 354 g/mol. The van der Waals surface area contributed by atoms with Gasteiger partial charge in [-0.1, -0.05) is 12.2 Å². The smallest absolute Gasteiger partial charge is 0.254 e. The van der Waals surface area contributed by atoms with Gasteiger partial charge in [0.2, 0.25) is 0 Å². The molecule has 4 atom stereocenters. The van der Waals surface area contributed by atoms with E-state index in [0.717, 1.165) is 11.4 Å². The number of hydrogen-bond acceptors (Lipinski definition) is 5. The van der Waals surface area contributed by atoms with Crippen LogP contribution >= 0.6 is 0 Å². The van der Waals surface area contributed by atoms with Crippen molar-refractivity contribution in [1.29, 1.82) is 0 Å². The zero-order valence-corrected chi connectivity index (χ0v) is 14.9. The molecule has 6 nitrogen and oxygen atoms in total. The molecule has 1 heterocycles. The Balaban J connectivity index is 1.57. The molecular weight excluding hydrogens is 332 g/mol. The summed E-state index contributed by atoms with van der Waals surface area (Å²) in [6, 6.07) is 5.43. The Labute approximate surface area is 152 Å². The summed E-state index contributed by atoms with van der Waals surface area (Å²) in [7, 11) is 0. The van der Waals surface area contributed by atoms with E-state index in [4.69, 9.17) is 9.47 Å². The molecule has 6 heteroatoms. The summed E-state index contributed by atoms with van der Waals surface area (Å²) < 4.78 is 11.1. The van der Waals surface area contributed by atoms with Crippen LogP contribution in [0, 0.1) is 23.7 Å². The number of nitrogens with zero attached hydrogens (tertiary/aromatic N) is 2. The number of carbonyl (C=O) groups is 2. The molecule has 136 valence electrons. The number of benzene rings is 1. The van der Waals surface area contributed by atoms with Crippen LogP contribution in [0.1, 0.15) is 25.8 Å². The van der Waals surface area contributed by atoms with E-state index in [1.54, 1.807) is 6.07 Å². The van der Waals surface area contributed by atoms with Gasteiger partial charge in [-0.3, -0.25) is 9.59 Å². The highest BCUT2D eigenvalue weighted by Crippen LogP contribution is 2.52. The summed E-state index contributed by atoms with van der Waals surface area (Å²) in [5.74, 6) is 0.857. The van der Waals surface area contributed by atoms with Crippen LogP contribution in [0.25, 0.3) is 0 Å². The zero-order chi connectivity index (χ0) is 18.3. The molecule has 1 aliphatic heterocycles. The average Bonchev–Trinajstić information content (AvgIpc) is 3.30. The lowest BCUT2D eigenvalue weighted by molar-refractivity contribution is -0.140. The molecule has 2 fully saturated rings. The topological polar surface area (TPSA) is 68.2 Å². The summed E-state index contributed by atoms with van der Waals surface area (Å²) in [5.41, 5.74) is 0.703. The fraction of sp³-hybridized carbons (Fsp3) is 0.450. The van der Waals surface area contributed by atoms with E-state index in [1.807, 2.05) is 26.0 Å². The Morgan fingerprint density at radius 2 is 1.73 bits per heavy atom. The predicted octanol–water partition coefficient (Wildman–Crippen LogP) is 2.63. The highest BCUT2D eigenvalue weighted by atomic mass is 16.5. The molecule has 1 saturated carbocycles. The number of imide groups is 1. The van der Waals surface area contributed by atoms with Gasteiger partial charge in [0.15, 0.2) is 0 Å². The normalized spacial score (nSPS) is 29.1. The highest BCUT2D eigenvalue weighted by molar-refractivity contribution is 6.06. The van der Waals surface area contributed by atoms with Crippen LogP contribution in [0.2, 0.25) is 0 Å². The molecule has 2 aliphatic carbocycles. The number of amides is 2. The van der Waals surface area contributed by atoms with Gasteiger partial charge in [-0.25, -0.2) is 0 Å². The number of allylic oxidation sites excluding steroid dienone is 2. The molecule has 0 unspecified atom stereocenters. The molecule has 1 saturated heterocycles. The van der Waals surface area contributed by atoms with Gasteiger partial charge < -0.3 is 9.47 Å². The van der Waals surface area contributed by atoms with E-state index in [1.165, 1.54) is 6.21 Å². The Bertz CT molecular complexity index is 771. The van der Waals surface area contributed by atoms with Gasteiger partial charge in [0, 0.05) is 11.6 Å². The molecule has 2 amide bonds. The van der Waals surface area contributed by atoms with E-state index < -0.39 is 0 Å². The minimum absolute atomic E-state index is 0.183. The first-order valence-electron chi connectivity index (χ1n) is 9.13. The number of carbonyl (C=O) groups excluding carboxylic acids is 2. The zero-order valence-electron chi connectivity index (χ0n) is 14.9. The van der Waals surface area contributed by atoms with Crippen LogP contribution in [0.15, 0.2) is 35.5 Å². The summed E-state index contributed by atoms with van der Waals surface area (Å²) >= 11 is 0. The van der Waals surface area contributed by atoms with Crippen molar-refractivity contribution in [3.8, 4) is 11.5 Å². The first-order chi connectivity index (χ1) is 12.6. The second-order valence-electron chi connectivity index (χ2n) is 6.80. The molecule has 1 aromatic rings. The van der Waals surface area contributed by atoms with Gasteiger partial charge in [0.25, 0.3) is 11.8 Å². The second-order valence-corrected chi connectivity index (χ2v) is 6.80. The number of hydrogen-bond donors (Lipinski definition) is 0. The first kappa shape index (κ1) is 16.8. The van der Waals surface area contributed by atoms with Gasteiger partial charge in [-0.15, -0.1) is 0 Å². The maximum Gasteiger partial charge on any atom is 0.254 e. The van der Waals surface area contributed by atoms with Crippen molar-refractivity contribution in [3.05, 3.63) is 35.9 Å². The van der Waals surface area contributed by atoms with E-state index in [-0.39, 0.29) is 35.5 Å². The molecule has 3 aliphatic rings. The molecular formula is C20H22N2O4. The van der Waals surface area contributed by atoms with Crippen LogP contribution < -0.4 is 9.47 Å². The molecule has 2 bridgehead atoms. The van der Waals surface area contributed by atoms with E-state index in [9.17, 15) is 9.59 Å². The third-order valence-electron chi connectivity index (χ3n) is 5.36. The maximum atomic E-state index is 12.7. The lowest BCUT2D eigenvalue weighted by atomic mass is 9.85. The second kappa shape index (κ2) is 6.59. The Morgan fingerprint density at radius 3 is 2.35 bits per heavy atom. The third-order valence-corrected chi connectivity index (χ3v) is 5.36. The van der Waals surface area contributed by atoms with Crippen molar-refractivity contribution < 1.29 is 19.1 Å². The molecule has 26 heavy (non-hydrogen) atoms. The van der Waals surface area contributed by atoms with Crippen molar-refractivity contribution in [2.75, 3.05) is 13.2 Å². The van der Waals surface area contributed by atoms with E-state index >= 15 is 0 Å². The molecule has 1 aromatic carbocycles. The Hall–Kier alpha value is -2.63. The van der Waals surface area contributed by atoms with Crippen LogP contribution in [0.5, 0.6) is 11.5 Å². The quantitative estimate of drug-likeness (QED) is 0.447. The minimum atomic E-state index is -0.235. The SMILES string of the molecule is CCOc1ccc(/C=N\N2C(=O)[C@@H]3[C@H](C2=O)[C@H]2C=C[C@H]3C2)c(OCC)c1. The van der Waals surface area contributed by atoms with Crippen molar-refractivity contribution in [2.24, 2.45) is 28.8 Å². The van der Waals surface area contributed by atoms with Crippen LogP contribution in [0.3, 0.4) is 0 Å². The van der Waals surface area contributed by atoms with Gasteiger partial charge in [-0.2, -0.15) is 10.1 Å². The highest BCUT2D eigenvalue weighted by Gasteiger charge is 2.59. The van der Waals surface area contributed by atoms with Crippen LogP contribution in [-0.4, -0.2) is 36.3 Å². The van der Waals surface area contributed by atoms with Crippen molar-refractivity contribution >= 4 is 18.0 Å². The molecule has 0 radical (unpaired) electrons. The van der Waals surface area contributed by atoms with Gasteiger partial charge in [-0.05, 0) is 44.2 Å². The molecule has 4 rings (SSSR count). The van der Waals surface area contributed by atoms with Crippen molar-refractivity contribution in [3.63, 3.8) is 0 Å². The molecule has 0 N–H and O–H groups in total. The Kier molecular flexibility index (Phi) is 4.26. The van der Waals surface area contributed by atoms with Gasteiger partial charge in [0.05, 0.1) is 31.3 Å². The summed E-state index contributed by atoms with van der Waals surface area (Å²) in [6.07, 6.45) is 6.58. The summed E-state index contributed by atoms with van der Waals surface area (Å²) in [4.78, 5) is 25.3.